The summed E-state index contributed by atoms with van der Waals surface area (Å²) in [5.74, 6) is -4.22. The number of hydrogen-bond donors (Lipinski definition) is 0. The second kappa shape index (κ2) is 13.8. The zero-order chi connectivity index (χ0) is 37.7. The van der Waals surface area contributed by atoms with Gasteiger partial charge in [-0.05, 0) is 48.6 Å². The molecule has 1 aromatic carbocycles. The summed E-state index contributed by atoms with van der Waals surface area (Å²) in [6.45, 7) is 12.0. The first kappa shape index (κ1) is 37.3. The maximum absolute atomic E-state index is 14.2. The van der Waals surface area contributed by atoms with Crippen molar-refractivity contribution in [3.63, 3.8) is 0 Å². The third-order valence-corrected chi connectivity index (χ3v) is 12.5. The Morgan fingerprint density at radius 2 is 1.50 bits per heavy atom. The van der Waals surface area contributed by atoms with Gasteiger partial charge < -0.3 is 32.8 Å². The van der Waals surface area contributed by atoms with Crippen molar-refractivity contribution < 1.29 is 56.8 Å². The first-order valence-corrected chi connectivity index (χ1v) is 17.8. The van der Waals surface area contributed by atoms with E-state index in [0.29, 0.717) is 17.6 Å². The number of ether oxygens (including phenoxy) is 6. The Balaban J connectivity index is 1.65. The van der Waals surface area contributed by atoms with Crippen LogP contribution >= 0.6 is 0 Å². The molecule has 4 aliphatic rings. The average molecular weight is 721 g/mol. The normalized spacial score (nSPS) is 36.4. The zero-order valence-electron chi connectivity index (χ0n) is 31.0. The third kappa shape index (κ3) is 6.02. The molecular weight excluding hydrogens is 672 g/mol. The number of rotatable bonds is 9. The van der Waals surface area contributed by atoms with Crippen LogP contribution in [0.1, 0.15) is 89.6 Å². The van der Waals surface area contributed by atoms with Crippen molar-refractivity contribution in [2.24, 2.45) is 28.1 Å². The van der Waals surface area contributed by atoms with Crippen molar-refractivity contribution in [1.82, 2.24) is 0 Å². The molecule has 1 aliphatic heterocycles. The van der Waals surface area contributed by atoms with Crippen LogP contribution in [0.2, 0.25) is 0 Å². The summed E-state index contributed by atoms with van der Waals surface area (Å²) >= 11 is 0. The SMILES string of the molecule is COC(=O)C[C@H]1[C@](C)(C2=C(C)[C@H](c3ccoc3)C[C@@H]2OC(C)=O)[C@H](OC(=O)c2ccccc2)[C@@H]2OC[C@@]3(C)[C@@H]2[C@]1(C)[C@@H](OC(C)=O)C[C@H]3OC(C)=O. The Morgan fingerprint density at radius 1 is 0.846 bits per heavy atom. The number of allylic oxidation sites excluding steroid dienone is 1. The molecule has 0 bridgehead atoms. The van der Waals surface area contributed by atoms with Gasteiger partial charge in [0.05, 0.1) is 37.9 Å². The molecule has 0 unspecified atom stereocenters. The zero-order valence-corrected chi connectivity index (χ0v) is 31.0. The van der Waals surface area contributed by atoms with Gasteiger partial charge in [0.25, 0.3) is 0 Å². The Morgan fingerprint density at radius 3 is 2.10 bits per heavy atom. The number of carbonyl (C=O) groups excluding carboxylic acids is 5. The van der Waals surface area contributed by atoms with Gasteiger partial charge in [0, 0.05) is 61.7 Å². The first-order valence-electron chi connectivity index (χ1n) is 17.8. The summed E-state index contributed by atoms with van der Waals surface area (Å²) < 4.78 is 42.5. The maximum Gasteiger partial charge on any atom is 0.338 e. The highest BCUT2D eigenvalue weighted by molar-refractivity contribution is 5.89. The predicted molar refractivity (Wildman–Crippen MR) is 183 cm³/mol. The van der Waals surface area contributed by atoms with Gasteiger partial charge >= 0.3 is 29.8 Å². The van der Waals surface area contributed by atoms with Crippen LogP contribution in [-0.4, -0.2) is 74.1 Å². The molecule has 0 amide bonds. The van der Waals surface area contributed by atoms with E-state index in [2.05, 4.69) is 0 Å². The molecule has 0 radical (unpaired) electrons. The van der Waals surface area contributed by atoms with Crippen molar-refractivity contribution in [3.8, 4) is 0 Å². The molecule has 2 aromatic rings. The van der Waals surface area contributed by atoms with Crippen LogP contribution in [0.25, 0.3) is 0 Å². The van der Waals surface area contributed by atoms with E-state index in [1.165, 1.54) is 27.9 Å². The summed E-state index contributed by atoms with van der Waals surface area (Å²) in [5, 5.41) is 0. The lowest BCUT2D eigenvalue weighted by atomic mass is 9.39. The minimum absolute atomic E-state index is 0.131. The predicted octanol–water partition coefficient (Wildman–Crippen LogP) is 5.73. The molecular formula is C40H48O12. The Hall–Kier alpha value is -4.45. The quantitative estimate of drug-likeness (QED) is 0.176. The highest BCUT2D eigenvalue weighted by atomic mass is 16.6. The van der Waals surface area contributed by atoms with Gasteiger partial charge in [0.1, 0.15) is 24.4 Å². The van der Waals surface area contributed by atoms with Crippen molar-refractivity contribution in [2.75, 3.05) is 13.7 Å². The fourth-order valence-electron chi connectivity index (χ4n) is 10.6. The van der Waals surface area contributed by atoms with Gasteiger partial charge in [-0.15, -0.1) is 0 Å². The standard InChI is InChI=1S/C40H48O12/c1-21-27(26-14-15-47-19-26)16-28(49-22(2)41)33(21)40(7)29(17-32(44)46-8)39(6)31(51-24(4)43)18-30(50-23(3)42)38(5)20-48-34(35(38)39)36(40)52-37(45)25-12-10-9-11-13-25/h9-15,19,27-31,34-36H,16-18,20H2,1-8H3/t27-,28+,29-,30-,31+,34-,35-,36-,38-,39+,40-/m1/s1. The topological polar surface area (TPSA) is 154 Å². The van der Waals surface area contributed by atoms with Crippen molar-refractivity contribution in [1.29, 1.82) is 0 Å². The first-order chi connectivity index (χ1) is 24.6. The monoisotopic (exact) mass is 720 g/mol. The number of carbonyl (C=O) groups is 5. The van der Waals surface area contributed by atoms with Gasteiger partial charge in [-0.25, -0.2) is 4.79 Å². The average Bonchev–Trinajstić information content (AvgIpc) is 3.82. The molecule has 2 heterocycles. The van der Waals surface area contributed by atoms with Crippen molar-refractivity contribution in [2.45, 2.75) is 104 Å². The van der Waals surface area contributed by atoms with E-state index in [9.17, 15) is 24.0 Å². The molecule has 52 heavy (non-hydrogen) atoms. The molecule has 1 aromatic heterocycles. The van der Waals surface area contributed by atoms with Gasteiger partial charge in [-0.2, -0.15) is 0 Å². The second-order valence-electron chi connectivity index (χ2n) is 15.4. The van der Waals surface area contributed by atoms with Gasteiger partial charge in [0.2, 0.25) is 0 Å². The van der Waals surface area contributed by atoms with Crippen LogP contribution in [0.3, 0.4) is 0 Å². The lowest BCUT2D eigenvalue weighted by molar-refractivity contribution is -0.256. The molecule has 11 atom stereocenters. The van der Waals surface area contributed by atoms with Crippen LogP contribution in [-0.2, 0) is 47.6 Å². The van der Waals surface area contributed by atoms with Crippen molar-refractivity contribution >= 4 is 29.8 Å². The Kier molecular flexibility index (Phi) is 9.93. The molecule has 1 saturated heterocycles. The molecule has 12 nitrogen and oxygen atoms in total. The van der Waals surface area contributed by atoms with Crippen LogP contribution < -0.4 is 0 Å². The summed E-state index contributed by atoms with van der Waals surface area (Å²) in [6.07, 6.45) is -0.670. The molecule has 12 heteroatoms. The summed E-state index contributed by atoms with van der Waals surface area (Å²) in [7, 11) is 1.31. The number of esters is 5. The van der Waals surface area contributed by atoms with Crippen LogP contribution in [0.15, 0.2) is 64.5 Å². The van der Waals surface area contributed by atoms with E-state index in [-0.39, 0.29) is 25.4 Å². The molecule has 280 valence electrons. The van der Waals surface area contributed by atoms with E-state index in [4.69, 9.17) is 32.8 Å². The highest BCUT2D eigenvalue weighted by Crippen LogP contribution is 2.72. The van der Waals surface area contributed by atoms with Gasteiger partial charge in [-0.3, -0.25) is 19.2 Å². The van der Waals surface area contributed by atoms with E-state index in [1.54, 1.807) is 42.9 Å². The smallest absolute Gasteiger partial charge is 0.338 e. The van der Waals surface area contributed by atoms with Crippen LogP contribution in [0.5, 0.6) is 0 Å². The minimum Gasteiger partial charge on any atom is -0.472 e. The summed E-state index contributed by atoms with van der Waals surface area (Å²) in [6, 6.07) is 10.4. The summed E-state index contributed by atoms with van der Waals surface area (Å²) in [4.78, 5) is 66.1. The second-order valence-corrected chi connectivity index (χ2v) is 15.4. The third-order valence-electron chi connectivity index (χ3n) is 12.5. The van der Waals surface area contributed by atoms with Crippen molar-refractivity contribution in [3.05, 3.63) is 71.2 Å². The van der Waals surface area contributed by atoms with Crippen LogP contribution in [0.4, 0.5) is 0 Å². The van der Waals surface area contributed by atoms with E-state index >= 15 is 0 Å². The lowest BCUT2D eigenvalue weighted by Crippen LogP contribution is -2.72. The Bertz CT molecular complexity index is 1750. The molecule has 0 N–H and O–H groups in total. The molecule has 6 rings (SSSR count). The number of benzene rings is 1. The lowest BCUT2D eigenvalue weighted by Gasteiger charge is -2.66. The number of hydrogen-bond acceptors (Lipinski definition) is 12. The fourth-order valence-corrected chi connectivity index (χ4v) is 10.6. The molecule has 3 aliphatic carbocycles. The largest absolute Gasteiger partial charge is 0.472 e. The summed E-state index contributed by atoms with van der Waals surface area (Å²) in [5.41, 5.74) is -0.441. The van der Waals surface area contributed by atoms with E-state index in [1.807, 2.05) is 33.8 Å². The van der Waals surface area contributed by atoms with E-state index in [0.717, 1.165) is 11.1 Å². The van der Waals surface area contributed by atoms with Gasteiger partial charge in [0.15, 0.2) is 0 Å². The van der Waals surface area contributed by atoms with E-state index < -0.39 is 88.4 Å². The fraction of sp³-hybridized carbons (Fsp3) is 0.575. The number of methoxy groups -OCH3 is 1. The van der Waals surface area contributed by atoms with Crippen LogP contribution in [0, 0.1) is 28.1 Å². The molecule has 0 spiro atoms. The minimum atomic E-state index is -1.28. The highest BCUT2D eigenvalue weighted by Gasteiger charge is 2.77. The maximum atomic E-state index is 14.2. The van der Waals surface area contributed by atoms with Gasteiger partial charge in [-0.1, -0.05) is 44.5 Å². The number of furan rings is 1. The molecule has 2 saturated carbocycles. The molecule has 3 fully saturated rings. The Labute approximate surface area is 303 Å².